The minimum atomic E-state index is -0.812. The zero-order valence-corrected chi connectivity index (χ0v) is 11.8. The maximum atomic E-state index is 13.8. The van der Waals surface area contributed by atoms with Gasteiger partial charge < -0.3 is 10.4 Å². The van der Waals surface area contributed by atoms with Crippen molar-refractivity contribution in [3.8, 4) is 0 Å². The number of rotatable bonds is 9. The summed E-state index contributed by atoms with van der Waals surface area (Å²) in [7, 11) is 0. The lowest BCUT2D eigenvalue weighted by Crippen LogP contribution is -2.18. The predicted molar refractivity (Wildman–Crippen MR) is 75.4 cm³/mol. The van der Waals surface area contributed by atoms with Crippen LogP contribution < -0.4 is 5.32 Å². The van der Waals surface area contributed by atoms with E-state index in [0.29, 0.717) is 13.0 Å². The quantitative estimate of drug-likeness (QED) is 0.415. The third kappa shape index (κ3) is 5.86. The van der Waals surface area contributed by atoms with Gasteiger partial charge in [0, 0.05) is 24.6 Å². The van der Waals surface area contributed by atoms with Gasteiger partial charge in [-0.3, -0.25) is 14.9 Å². The molecule has 116 valence electrons. The van der Waals surface area contributed by atoms with E-state index in [1.807, 2.05) is 6.92 Å². The summed E-state index contributed by atoms with van der Waals surface area (Å²) < 4.78 is 13.8. The number of benzene rings is 1. The molecule has 0 spiro atoms. The maximum Gasteiger partial charge on any atom is 0.305 e. The second-order valence-electron chi connectivity index (χ2n) is 5.01. The SMILES string of the molecule is CC(CCNCc1cccc([N+](=O)[O-])c1F)CCC(=O)O. The first-order chi connectivity index (χ1) is 9.91. The Bertz CT molecular complexity index is 508. The van der Waals surface area contributed by atoms with Gasteiger partial charge >= 0.3 is 11.7 Å². The number of carboxylic acids is 1. The average Bonchev–Trinajstić information content (AvgIpc) is 2.42. The van der Waals surface area contributed by atoms with Gasteiger partial charge in [0.15, 0.2) is 0 Å². The van der Waals surface area contributed by atoms with Gasteiger partial charge in [0.2, 0.25) is 5.82 Å². The molecule has 0 aliphatic rings. The van der Waals surface area contributed by atoms with Gasteiger partial charge in [-0.2, -0.15) is 4.39 Å². The molecular formula is C14H19FN2O4. The molecule has 0 radical (unpaired) electrons. The molecular weight excluding hydrogens is 279 g/mol. The number of aliphatic carboxylic acids is 1. The monoisotopic (exact) mass is 298 g/mol. The van der Waals surface area contributed by atoms with E-state index in [2.05, 4.69) is 5.32 Å². The van der Waals surface area contributed by atoms with Crippen molar-refractivity contribution in [2.45, 2.75) is 32.7 Å². The predicted octanol–water partition coefficient (Wildman–Crippen LogP) is 2.71. The molecule has 1 aromatic rings. The average molecular weight is 298 g/mol. The highest BCUT2D eigenvalue weighted by Crippen LogP contribution is 2.20. The van der Waals surface area contributed by atoms with Crippen LogP contribution in [0, 0.1) is 21.8 Å². The molecule has 6 nitrogen and oxygen atoms in total. The van der Waals surface area contributed by atoms with Crippen molar-refractivity contribution >= 4 is 11.7 Å². The normalized spacial score (nSPS) is 12.1. The number of carboxylic acid groups (broad SMARTS) is 1. The number of hydrogen-bond acceptors (Lipinski definition) is 4. The van der Waals surface area contributed by atoms with E-state index in [1.165, 1.54) is 12.1 Å². The molecule has 0 heterocycles. The summed E-state index contributed by atoms with van der Waals surface area (Å²) in [4.78, 5) is 20.3. The van der Waals surface area contributed by atoms with Gasteiger partial charge in [0.1, 0.15) is 0 Å². The van der Waals surface area contributed by atoms with Crippen molar-refractivity contribution in [1.82, 2.24) is 5.32 Å². The summed E-state index contributed by atoms with van der Waals surface area (Å²) in [6.45, 7) is 2.76. The Morgan fingerprint density at radius 2 is 2.19 bits per heavy atom. The first kappa shape index (κ1) is 17.0. The molecule has 1 unspecified atom stereocenters. The van der Waals surface area contributed by atoms with E-state index >= 15 is 0 Å². The third-order valence-corrected chi connectivity index (χ3v) is 3.24. The number of nitrogens with zero attached hydrogens (tertiary/aromatic N) is 1. The fourth-order valence-electron chi connectivity index (χ4n) is 1.93. The molecule has 1 rings (SSSR count). The standard InChI is InChI=1S/C14H19FN2O4/c1-10(5-6-13(18)19)7-8-16-9-11-3-2-4-12(14(11)15)17(20)21/h2-4,10,16H,5-9H2,1H3,(H,18,19). The van der Waals surface area contributed by atoms with Crippen molar-refractivity contribution in [1.29, 1.82) is 0 Å². The Morgan fingerprint density at radius 3 is 2.81 bits per heavy atom. The molecule has 0 saturated carbocycles. The number of hydrogen-bond donors (Lipinski definition) is 2. The van der Waals surface area contributed by atoms with Crippen LogP contribution in [0.3, 0.4) is 0 Å². The fourth-order valence-corrected chi connectivity index (χ4v) is 1.93. The Hall–Kier alpha value is -2.02. The molecule has 0 saturated heterocycles. The molecule has 0 aliphatic carbocycles. The van der Waals surface area contributed by atoms with E-state index < -0.39 is 22.4 Å². The summed E-state index contributed by atoms with van der Waals surface area (Å²) in [5.41, 5.74) is -0.272. The fraction of sp³-hybridized carbons (Fsp3) is 0.500. The first-order valence-electron chi connectivity index (χ1n) is 6.76. The van der Waals surface area contributed by atoms with Gasteiger partial charge in [0.25, 0.3) is 0 Å². The van der Waals surface area contributed by atoms with Crippen LogP contribution in [0.5, 0.6) is 0 Å². The third-order valence-electron chi connectivity index (χ3n) is 3.24. The van der Waals surface area contributed by atoms with Gasteiger partial charge in [-0.05, 0) is 25.3 Å². The van der Waals surface area contributed by atoms with E-state index in [4.69, 9.17) is 5.11 Å². The zero-order valence-electron chi connectivity index (χ0n) is 11.8. The van der Waals surface area contributed by atoms with E-state index in [9.17, 15) is 19.3 Å². The molecule has 0 amide bonds. The zero-order chi connectivity index (χ0) is 15.8. The maximum absolute atomic E-state index is 13.8. The molecule has 1 aromatic carbocycles. The Balaban J connectivity index is 2.38. The topological polar surface area (TPSA) is 92.5 Å². The summed E-state index contributed by atoms with van der Waals surface area (Å²) in [5.74, 6) is -1.37. The van der Waals surface area contributed by atoms with E-state index in [0.717, 1.165) is 12.5 Å². The van der Waals surface area contributed by atoms with Crippen molar-refractivity contribution in [3.05, 3.63) is 39.7 Å². The van der Waals surface area contributed by atoms with Crippen molar-refractivity contribution in [2.24, 2.45) is 5.92 Å². The molecule has 0 bridgehead atoms. The van der Waals surface area contributed by atoms with Crippen LogP contribution in [-0.2, 0) is 11.3 Å². The lowest BCUT2D eigenvalue weighted by Gasteiger charge is -2.11. The van der Waals surface area contributed by atoms with Crippen LogP contribution in [0.25, 0.3) is 0 Å². The van der Waals surface area contributed by atoms with Crippen molar-refractivity contribution in [3.63, 3.8) is 0 Å². The first-order valence-corrected chi connectivity index (χ1v) is 6.76. The highest BCUT2D eigenvalue weighted by Gasteiger charge is 2.16. The molecule has 0 aliphatic heterocycles. The second-order valence-corrected chi connectivity index (χ2v) is 5.01. The highest BCUT2D eigenvalue weighted by atomic mass is 19.1. The lowest BCUT2D eigenvalue weighted by atomic mass is 10.0. The Labute approximate surface area is 122 Å². The second kappa shape index (κ2) is 8.31. The van der Waals surface area contributed by atoms with Gasteiger partial charge in [-0.15, -0.1) is 0 Å². The van der Waals surface area contributed by atoms with Crippen LogP contribution >= 0.6 is 0 Å². The molecule has 7 heteroatoms. The molecule has 21 heavy (non-hydrogen) atoms. The molecule has 2 N–H and O–H groups in total. The summed E-state index contributed by atoms with van der Waals surface area (Å²) >= 11 is 0. The lowest BCUT2D eigenvalue weighted by molar-refractivity contribution is -0.387. The van der Waals surface area contributed by atoms with Crippen LogP contribution in [0.1, 0.15) is 31.7 Å². The van der Waals surface area contributed by atoms with E-state index in [1.54, 1.807) is 0 Å². The summed E-state index contributed by atoms with van der Waals surface area (Å²) in [5, 5.41) is 22.2. The number of nitro benzene ring substituents is 1. The van der Waals surface area contributed by atoms with Gasteiger partial charge in [0.05, 0.1) is 4.92 Å². The summed E-state index contributed by atoms with van der Waals surface area (Å²) in [6, 6.07) is 4.09. The van der Waals surface area contributed by atoms with Gasteiger partial charge in [-0.25, -0.2) is 0 Å². The molecule has 0 aromatic heterocycles. The number of halogens is 1. The van der Waals surface area contributed by atoms with E-state index in [-0.39, 0.29) is 24.4 Å². The smallest absolute Gasteiger partial charge is 0.305 e. The Kier molecular flexibility index (Phi) is 6.74. The summed E-state index contributed by atoms with van der Waals surface area (Å²) in [6.07, 6.45) is 1.51. The largest absolute Gasteiger partial charge is 0.481 e. The molecule has 1 atom stereocenters. The molecule has 0 fully saturated rings. The minimum Gasteiger partial charge on any atom is -0.481 e. The van der Waals surface area contributed by atoms with Crippen LogP contribution in [-0.4, -0.2) is 22.5 Å². The number of carbonyl (C=O) groups is 1. The minimum absolute atomic E-state index is 0.140. The van der Waals surface area contributed by atoms with Crippen LogP contribution in [0.4, 0.5) is 10.1 Å². The van der Waals surface area contributed by atoms with Crippen molar-refractivity contribution in [2.75, 3.05) is 6.54 Å². The Morgan fingerprint density at radius 1 is 1.48 bits per heavy atom. The van der Waals surface area contributed by atoms with Crippen LogP contribution in [0.2, 0.25) is 0 Å². The highest BCUT2D eigenvalue weighted by molar-refractivity contribution is 5.66. The van der Waals surface area contributed by atoms with Crippen LogP contribution in [0.15, 0.2) is 18.2 Å². The van der Waals surface area contributed by atoms with Crippen molar-refractivity contribution < 1.29 is 19.2 Å². The number of nitrogens with one attached hydrogen (secondary N) is 1. The number of nitro groups is 1. The van der Waals surface area contributed by atoms with Gasteiger partial charge in [-0.1, -0.05) is 19.1 Å².